The summed E-state index contributed by atoms with van der Waals surface area (Å²) < 4.78 is 1.88. The minimum Gasteiger partial charge on any atom is -0.388 e. The number of aliphatic hydroxyl groups is 1. The van der Waals surface area contributed by atoms with Crippen LogP contribution in [-0.2, 0) is 6.61 Å². The van der Waals surface area contributed by atoms with E-state index in [2.05, 4.69) is 10.2 Å². The van der Waals surface area contributed by atoms with E-state index in [-0.39, 0.29) is 6.61 Å². The highest BCUT2D eigenvalue weighted by atomic mass is 16.3. The molecule has 0 aliphatic heterocycles. The lowest BCUT2D eigenvalue weighted by Crippen LogP contribution is -2.02. The third-order valence-corrected chi connectivity index (χ3v) is 3.20. The van der Waals surface area contributed by atoms with Gasteiger partial charge in [0.25, 0.3) is 0 Å². The molecule has 0 saturated heterocycles. The molecule has 0 atom stereocenters. The second kappa shape index (κ2) is 5.27. The second-order valence-corrected chi connectivity index (χ2v) is 4.63. The van der Waals surface area contributed by atoms with E-state index < -0.39 is 0 Å². The molecule has 3 aromatic rings. The van der Waals surface area contributed by atoms with Gasteiger partial charge >= 0.3 is 0 Å². The van der Waals surface area contributed by atoms with Crippen LogP contribution in [0.4, 0.5) is 0 Å². The van der Waals surface area contributed by atoms with Gasteiger partial charge in [-0.1, -0.05) is 48.0 Å². The van der Waals surface area contributed by atoms with Crippen LogP contribution in [0.2, 0.25) is 0 Å². The van der Waals surface area contributed by atoms with Crippen LogP contribution in [0, 0.1) is 6.92 Å². The molecule has 20 heavy (non-hydrogen) atoms. The molecule has 100 valence electrons. The summed E-state index contributed by atoms with van der Waals surface area (Å²) in [6.45, 7) is 1.90. The van der Waals surface area contributed by atoms with Crippen LogP contribution in [0.5, 0.6) is 0 Å². The normalized spacial score (nSPS) is 10.7. The van der Waals surface area contributed by atoms with Crippen LogP contribution in [0.15, 0.2) is 54.6 Å². The predicted octanol–water partition coefficient (Wildman–Crippen LogP) is 2.74. The van der Waals surface area contributed by atoms with Crippen LogP contribution in [-0.4, -0.2) is 19.9 Å². The Morgan fingerprint density at radius 3 is 2.30 bits per heavy atom. The Balaban J connectivity index is 2.17. The highest BCUT2D eigenvalue weighted by molar-refractivity contribution is 5.59. The first kappa shape index (κ1) is 12.6. The summed E-state index contributed by atoms with van der Waals surface area (Å²) in [5.41, 5.74) is 3.12. The predicted molar refractivity (Wildman–Crippen MR) is 77.5 cm³/mol. The molecule has 0 bridgehead atoms. The summed E-state index contributed by atoms with van der Waals surface area (Å²) in [6.07, 6.45) is 0. The number of aryl methyl sites for hydroxylation is 1. The van der Waals surface area contributed by atoms with Crippen molar-refractivity contribution in [1.82, 2.24) is 14.8 Å². The molecule has 4 nitrogen and oxygen atoms in total. The number of aromatic nitrogens is 3. The van der Waals surface area contributed by atoms with E-state index in [1.807, 2.05) is 66.1 Å². The zero-order chi connectivity index (χ0) is 13.9. The van der Waals surface area contributed by atoms with Crippen LogP contribution in [0.3, 0.4) is 0 Å². The average molecular weight is 265 g/mol. The first-order chi connectivity index (χ1) is 9.79. The highest BCUT2D eigenvalue weighted by Crippen LogP contribution is 2.23. The molecule has 0 radical (unpaired) electrons. The maximum Gasteiger partial charge on any atom is 0.168 e. The lowest BCUT2D eigenvalue weighted by atomic mass is 10.1. The number of hydrogen-bond acceptors (Lipinski definition) is 3. The molecule has 0 amide bonds. The largest absolute Gasteiger partial charge is 0.388 e. The van der Waals surface area contributed by atoms with Crippen molar-refractivity contribution in [3.8, 4) is 17.1 Å². The molecule has 0 unspecified atom stereocenters. The van der Waals surface area contributed by atoms with E-state index in [0.29, 0.717) is 5.82 Å². The molecular formula is C16H15N3O. The Hall–Kier alpha value is -2.46. The summed E-state index contributed by atoms with van der Waals surface area (Å²) >= 11 is 0. The van der Waals surface area contributed by atoms with Gasteiger partial charge in [0, 0.05) is 11.3 Å². The van der Waals surface area contributed by atoms with E-state index >= 15 is 0 Å². The molecule has 4 heteroatoms. The van der Waals surface area contributed by atoms with Gasteiger partial charge in [0.1, 0.15) is 6.61 Å². The molecule has 2 aromatic carbocycles. The third-order valence-electron chi connectivity index (χ3n) is 3.20. The minimum absolute atomic E-state index is 0.145. The van der Waals surface area contributed by atoms with Gasteiger partial charge in [0.15, 0.2) is 11.6 Å². The van der Waals surface area contributed by atoms with Crippen LogP contribution >= 0.6 is 0 Å². The molecule has 1 N–H and O–H groups in total. The first-order valence-corrected chi connectivity index (χ1v) is 6.47. The third kappa shape index (κ3) is 2.21. The maximum atomic E-state index is 9.46. The molecule has 1 aromatic heterocycles. The quantitative estimate of drug-likeness (QED) is 0.792. The number of benzene rings is 2. The average Bonchev–Trinajstić information content (AvgIpc) is 2.93. The van der Waals surface area contributed by atoms with Gasteiger partial charge in [-0.25, -0.2) is 0 Å². The molecule has 0 saturated carbocycles. The lowest BCUT2D eigenvalue weighted by Gasteiger charge is -2.09. The van der Waals surface area contributed by atoms with Crippen molar-refractivity contribution in [2.75, 3.05) is 0 Å². The van der Waals surface area contributed by atoms with Gasteiger partial charge < -0.3 is 5.11 Å². The molecule has 0 fully saturated rings. The van der Waals surface area contributed by atoms with Crippen molar-refractivity contribution in [2.24, 2.45) is 0 Å². The Bertz CT molecular complexity index is 702. The molecule has 0 aliphatic carbocycles. The number of nitrogens with zero attached hydrogens (tertiary/aromatic N) is 3. The fraction of sp³-hybridized carbons (Fsp3) is 0.125. The first-order valence-electron chi connectivity index (χ1n) is 6.47. The van der Waals surface area contributed by atoms with Crippen molar-refractivity contribution >= 4 is 0 Å². The minimum atomic E-state index is -0.145. The summed E-state index contributed by atoms with van der Waals surface area (Å²) in [6, 6.07) is 17.9. The number of aliphatic hydroxyl groups excluding tert-OH is 1. The van der Waals surface area contributed by atoms with E-state index in [9.17, 15) is 5.11 Å². The molecule has 1 heterocycles. The standard InChI is InChI=1S/C16H15N3O/c1-12-7-9-13(10-8-12)16-18-17-15(11-20)19(16)14-5-3-2-4-6-14/h2-10,20H,11H2,1H3. The van der Waals surface area contributed by atoms with Crippen molar-refractivity contribution in [3.63, 3.8) is 0 Å². The molecular weight excluding hydrogens is 250 g/mol. The van der Waals surface area contributed by atoms with Crippen molar-refractivity contribution in [3.05, 3.63) is 66.0 Å². The van der Waals surface area contributed by atoms with Gasteiger partial charge in [-0.15, -0.1) is 10.2 Å². The van der Waals surface area contributed by atoms with Gasteiger partial charge in [-0.2, -0.15) is 0 Å². The Morgan fingerprint density at radius 1 is 0.950 bits per heavy atom. The van der Waals surface area contributed by atoms with Crippen LogP contribution in [0.1, 0.15) is 11.4 Å². The van der Waals surface area contributed by atoms with Crippen molar-refractivity contribution in [1.29, 1.82) is 0 Å². The van der Waals surface area contributed by atoms with Gasteiger partial charge in [-0.3, -0.25) is 4.57 Å². The summed E-state index contributed by atoms with van der Waals surface area (Å²) in [5.74, 6) is 1.27. The molecule has 3 rings (SSSR count). The van der Waals surface area contributed by atoms with Crippen LogP contribution in [0.25, 0.3) is 17.1 Å². The van der Waals surface area contributed by atoms with Gasteiger partial charge in [0.2, 0.25) is 0 Å². The van der Waals surface area contributed by atoms with Gasteiger partial charge in [-0.05, 0) is 19.1 Å². The maximum absolute atomic E-state index is 9.46. The summed E-state index contributed by atoms with van der Waals surface area (Å²) in [4.78, 5) is 0. The molecule has 0 aliphatic rings. The van der Waals surface area contributed by atoms with Crippen molar-refractivity contribution < 1.29 is 5.11 Å². The summed E-state index contributed by atoms with van der Waals surface area (Å²) in [7, 11) is 0. The Kier molecular flexibility index (Phi) is 3.31. The number of para-hydroxylation sites is 1. The zero-order valence-electron chi connectivity index (χ0n) is 11.2. The van der Waals surface area contributed by atoms with Crippen LogP contribution < -0.4 is 0 Å². The van der Waals surface area contributed by atoms with E-state index in [1.54, 1.807) is 0 Å². The topological polar surface area (TPSA) is 50.9 Å². The summed E-state index contributed by atoms with van der Waals surface area (Å²) in [5, 5.41) is 17.7. The SMILES string of the molecule is Cc1ccc(-c2nnc(CO)n2-c2ccccc2)cc1. The fourth-order valence-electron chi connectivity index (χ4n) is 2.16. The monoisotopic (exact) mass is 265 g/mol. The smallest absolute Gasteiger partial charge is 0.168 e. The van der Waals surface area contributed by atoms with Gasteiger partial charge in [0.05, 0.1) is 0 Å². The lowest BCUT2D eigenvalue weighted by molar-refractivity contribution is 0.269. The van der Waals surface area contributed by atoms with E-state index in [1.165, 1.54) is 5.56 Å². The Morgan fingerprint density at radius 2 is 1.65 bits per heavy atom. The zero-order valence-corrected chi connectivity index (χ0v) is 11.2. The fourth-order valence-corrected chi connectivity index (χ4v) is 2.16. The second-order valence-electron chi connectivity index (χ2n) is 4.63. The number of hydrogen-bond donors (Lipinski definition) is 1. The van der Waals surface area contributed by atoms with Crippen molar-refractivity contribution in [2.45, 2.75) is 13.5 Å². The number of rotatable bonds is 3. The molecule has 0 spiro atoms. The van der Waals surface area contributed by atoms with E-state index in [4.69, 9.17) is 0 Å². The van der Waals surface area contributed by atoms with E-state index in [0.717, 1.165) is 17.1 Å². The Labute approximate surface area is 117 Å². The highest BCUT2D eigenvalue weighted by Gasteiger charge is 2.14.